The molecule has 2 aromatic rings. The molecular formula is C27H35F9N8. The lowest BCUT2D eigenvalue weighted by molar-refractivity contribution is -0.143. The van der Waals surface area contributed by atoms with E-state index in [2.05, 4.69) is 15.0 Å². The molecule has 1 aromatic heterocycles. The first-order chi connectivity index (χ1) is 20.2. The summed E-state index contributed by atoms with van der Waals surface area (Å²) in [5, 5.41) is 4.56. The molecule has 1 aliphatic rings. The van der Waals surface area contributed by atoms with Crippen LogP contribution in [0.25, 0.3) is 0 Å². The molecule has 1 saturated heterocycles. The van der Waals surface area contributed by atoms with E-state index in [-0.39, 0.29) is 23.4 Å². The first kappa shape index (κ1) is 35.2. The van der Waals surface area contributed by atoms with Crippen LogP contribution in [0.3, 0.4) is 0 Å². The zero-order valence-corrected chi connectivity index (χ0v) is 24.5. The van der Waals surface area contributed by atoms with Crippen LogP contribution < -0.4 is 11.6 Å². The Hall–Kier alpha value is -3.31. The molecule has 1 aromatic carbocycles. The number of pyridine rings is 1. The average molecular weight is 643 g/mol. The highest BCUT2D eigenvalue weighted by Gasteiger charge is 2.38. The van der Waals surface area contributed by atoms with Crippen LogP contribution in [0.15, 0.2) is 35.6 Å². The number of hydrazone groups is 1. The number of likely N-dealkylation sites (N-methyl/N-ethyl adjacent to an activating group) is 1. The van der Waals surface area contributed by atoms with Crippen LogP contribution in [0.5, 0.6) is 0 Å². The topological polar surface area (TPSA) is 90.2 Å². The Labute approximate surface area is 249 Å². The van der Waals surface area contributed by atoms with E-state index < -0.39 is 65.9 Å². The van der Waals surface area contributed by atoms with Crippen molar-refractivity contribution in [3.8, 4) is 0 Å². The lowest BCUT2D eigenvalue weighted by Crippen LogP contribution is -2.40. The monoisotopic (exact) mass is 642 g/mol. The van der Waals surface area contributed by atoms with Gasteiger partial charge < -0.3 is 15.5 Å². The Morgan fingerprint density at radius 3 is 1.95 bits per heavy atom. The van der Waals surface area contributed by atoms with Crippen molar-refractivity contribution in [3.05, 3.63) is 64.0 Å². The molecule has 0 amide bonds. The van der Waals surface area contributed by atoms with Gasteiger partial charge >= 0.3 is 18.5 Å². The summed E-state index contributed by atoms with van der Waals surface area (Å²) in [5.74, 6) is 5.10. The van der Waals surface area contributed by atoms with Gasteiger partial charge in [-0.25, -0.2) is 11.0 Å². The summed E-state index contributed by atoms with van der Waals surface area (Å²) in [5.41, 5.74) is 1.74. The van der Waals surface area contributed by atoms with E-state index in [1.807, 2.05) is 25.9 Å². The quantitative estimate of drug-likeness (QED) is 0.127. The molecule has 3 rings (SSSR count). The van der Waals surface area contributed by atoms with Gasteiger partial charge in [0.05, 0.1) is 28.4 Å². The van der Waals surface area contributed by atoms with Crippen LogP contribution in [-0.4, -0.2) is 71.0 Å². The van der Waals surface area contributed by atoms with E-state index in [0.29, 0.717) is 37.8 Å². The number of benzene rings is 1. The van der Waals surface area contributed by atoms with Gasteiger partial charge in [0.1, 0.15) is 0 Å². The zero-order chi connectivity index (χ0) is 33.2. The Balaban J connectivity index is 2.14. The number of aromatic nitrogens is 1. The molecule has 246 valence electrons. The lowest BCUT2D eigenvalue weighted by Gasteiger charge is -2.31. The van der Waals surface area contributed by atoms with Crippen molar-refractivity contribution in [2.24, 2.45) is 16.7 Å². The van der Waals surface area contributed by atoms with Crippen molar-refractivity contribution in [1.82, 2.24) is 24.8 Å². The van der Waals surface area contributed by atoms with Gasteiger partial charge in [0, 0.05) is 45.5 Å². The minimum absolute atomic E-state index is 0.0172. The maximum Gasteiger partial charge on any atom is 0.417 e. The SMILES string of the molecule is CCC(c1ncc(C(F)(F)F)cc1CN(Cc1cc(C(F)(F)F)cc(C(F)(F)F)c1)/C(N)=N/N(C)N)N1CC[C@H](N(C)C)C1. The van der Waals surface area contributed by atoms with Crippen molar-refractivity contribution >= 4 is 5.96 Å². The van der Waals surface area contributed by atoms with Crippen molar-refractivity contribution in [2.75, 3.05) is 34.2 Å². The third-order valence-corrected chi connectivity index (χ3v) is 7.36. The molecule has 1 aliphatic heterocycles. The van der Waals surface area contributed by atoms with Gasteiger partial charge in [0.15, 0.2) is 0 Å². The second-order valence-electron chi connectivity index (χ2n) is 10.9. The average Bonchev–Trinajstić information content (AvgIpc) is 3.37. The molecular weight excluding hydrogens is 607 g/mol. The van der Waals surface area contributed by atoms with Crippen LogP contribution in [0, 0.1) is 0 Å². The smallest absolute Gasteiger partial charge is 0.368 e. The number of hydrogen-bond acceptors (Lipinski definition) is 6. The van der Waals surface area contributed by atoms with Crippen LogP contribution in [0.1, 0.15) is 59.3 Å². The van der Waals surface area contributed by atoms with Gasteiger partial charge in [0.25, 0.3) is 0 Å². The molecule has 2 atom stereocenters. The molecule has 0 aliphatic carbocycles. The number of guanidine groups is 1. The molecule has 0 radical (unpaired) electrons. The Morgan fingerprint density at radius 2 is 1.50 bits per heavy atom. The van der Waals surface area contributed by atoms with Gasteiger partial charge in [0.2, 0.25) is 5.96 Å². The summed E-state index contributed by atoms with van der Waals surface area (Å²) in [7, 11) is 5.10. The second-order valence-corrected chi connectivity index (χ2v) is 10.9. The predicted molar refractivity (Wildman–Crippen MR) is 145 cm³/mol. The number of nitrogens with zero attached hydrogens (tertiary/aromatic N) is 6. The Morgan fingerprint density at radius 1 is 0.932 bits per heavy atom. The molecule has 44 heavy (non-hydrogen) atoms. The highest BCUT2D eigenvalue weighted by atomic mass is 19.4. The summed E-state index contributed by atoms with van der Waals surface area (Å²) in [6.45, 7) is 1.95. The number of rotatable bonds is 9. The highest BCUT2D eigenvalue weighted by molar-refractivity contribution is 5.77. The Bertz CT molecular complexity index is 1270. The predicted octanol–water partition coefficient (Wildman–Crippen LogP) is 5.26. The van der Waals surface area contributed by atoms with Gasteiger partial charge in [-0.05, 0) is 62.3 Å². The maximum atomic E-state index is 13.8. The van der Waals surface area contributed by atoms with E-state index in [0.717, 1.165) is 22.5 Å². The molecule has 17 heteroatoms. The third-order valence-electron chi connectivity index (χ3n) is 7.36. The number of likely N-dealkylation sites (tertiary alicyclic amines) is 1. The number of halogens is 9. The van der Waals surface area contributed by atoms with E-state index in [9.17, 15) is 39.5 Å². The van der Waals surface area contributed by atoms with Crippen LogP contribution >= 0.6 is 0 Å². The van der Waals surface area contributed by atoms with Crippen LogP contribution in [0.2, 0.25) is 0 Å². The van der Waals surface area contributed by atoms with Gasteiger partial charge in [-0.2, -0.15) is 39.5 Å². The first-order valence-electron chi connectivity index (χ1n) is 13.5. The van der Waals surface area contributed by atoms with Crippen molar-refractivity contribution in [1.29, 1.82) is 0 Å². The highest BCUT2D eigenvalue weighted by Crippen LogP contribution is 2.38. The molecule has 2 heterocycles. The summed E-state index contributed by atoms with van der Waals surface area (Å²) in [6.07, 6.45) is -13.0. The summed E-state index contributed by atoms with van der Waals surface area (Å²) in [4.78, 5) is 9.37. The molecule has 0 bridgehead atoms. The van der Waals surface area contributed by atoms with Crippen LogP contribution in [-0.2, 0) is 31.6 Å². The molecule has 1 fully saturated rings. The standard InChI is InChI=1S/C27H35F9N8/c1-5-22(43-7-6-21(15-43)41(2)3)23-17(10-20(12-39-23)27(34,35)36)14-44(24(37)40-42(4)38)13-16-8-18(25(28,29)30)11-19(9-16)26(31,32)33/h8-12,21-22H,5-7,13-15,38H2,1-4H3,(H2,37,40)/t21-,22?/m0/s1. The molecule has 8 nitrogen and oxygen atoms in total. The maximum absolute atomic E-state index is 13.8. The van der Waals surface area contributed by atoms with Crippen molar-refractivity contribution in [2.45, 2.75) is 63.5 Å². The largest absolute Gasteiger partial charge is 0.417 e. The summed E-state index contributed by atoms with van der Waals surface area (Å²) in [6, 6.07) is 1.66. The fraction of sp³-hybridized carbons (Fsp3) is 0.556. The number of alkyl halides is 9. The summed E-state index contributed by atoms with van der Waals surface area (Å²) < 4.78 is 123. The van der Waals surface area contributed by atoms with E-state index in [1.54, 1.807) is 0 Å². The fourth-order valence-corrected chi connectivity index (χ4v) is 5.18. The second kappa shape index (κ2) is 13.4. The van der Waals surface area contributed by atoms with Gasteiger partial charge in [-0.3, -0.25) is 9.88 Å². The van der Waals surface area contributed by atoms with E-state index >= 15 is 0 Å². The fourth-order valence-electron chi connectivity index (χ4n) is 5.18. The number of hydrogen-bond donors (Lipinski definition) is 2. The zero-order valence-electron chi connectivity index (χ0n) is 24.5. The van der Waals surface area contributed by atoms with Crippen molar-refractivity contribution in [3.63, 3.8) is 0 Å². The molecule has 0 saturated carbocycles. The van der Waals surface area contributed by atoms with E-state index in [4.69, 9.17) is 11.6 Å². The molecule has 1 unspecified atom stereocenters. The van der Waals surface area contributed by atoms with Gasteiger partial charge in [-0.15, -0.1) is 5.10 Å². The molecule has 0 spiro atoms. The lowest BCUT2D eigenvalue weighted by atomic mass is 10.0. The number of nitrogens with two attached hydrogens (primary N) is 2. The third kappa shape index (κ3) is 8.88. The summed E-state index contributed by atoms with van der Waals surface area (Å²) >= 11 is 0. The van der Waals surface area contributed by atoms with Gasteiger partial charge in [-0.1, -0.05) is 6.92 Å². The normalized spacial score (nSPS) is 17.8. The van der Waals surface area contributed by atoms with Crippen molar-refractivity contribution < 1.29 is 39.5 Å². The first-order valence-corrected chi connectivity index (χ1v) is 13.5. The van der Waals surface area contributed by atoms with Crippen LogP contribution in [0.4, 0.5) is 39.5 Å². The minimum atomic E-state index is -5.11. The minimum Gasteiger partial charge on any atom is -0.368 e. The number of hydrazine groups is 1. The molecule has 4 N–H and O–H groups in total. The Kier molecular flexibility index (Phi) is 10.7. The van der Waals surface area contributed by atoms with E-state index in [1.165, 1.54) is 7.05 Å².